The molecule has 0 unspecified atom stereocenters. The SMILES string of the molecule is CC1(C)O/C(=C2/C(=O)Nc3cc(F)ccc32)C=C1c1ccc(C(=O)NCCO)cc1. The molecule has 2 aromatic rings. The van der Waals surface area contributed by atoms with E-state index in [-0.39, 0.29) is 25.0 Å². The summed E-state index contributed by atoms with van der Waals surface area (Å²) >= 11 is 0. The average molecular weight is 408 g/mol. The van der Waals surface area contributed by atoms with Crippen molar-refractivity contribution in [1.29, 1.82) is 0 Å². The zero-order valence-corrected chi connectivity index (χ0v) is 16.6. The van der Waals surface area contributed by atoms with E-state index in [1.807, 2.05) is 32.1 Å². The number of anilines is 1. The van der Waals surface area contributed by atoms with Crippen LogP contribution >= 0.6 is 0 Å². The summed E-state index contributed by atoms with van der Waals surface area (Å²) in [5.74, 6) is -0.606. The second-order valence-corrected chi connectivity index (χ2v) is 7.61. The lowest BCUT2D eigenvalue weighted by Crippen LogP contribution is -2.26. The molecule has 2 aromatic carbocycles. The summed E-state index contributed by atoms with van der Waals surface area (Å²) in [6.45, 7) is 3.86. The third-order valence-electron chi connectivity index (χ3n) is 5.12. The highest BCUT2D eigenvalue weighted by atomic mass is 19.1. The minimum atomic E-state index is -0.702. The van der Waals surface area contributed by atoms with Gasteiger partial charge in [0.15, 0.2) is 0 Å². The number of allylic oxidation sites excluding steroid dienone is 1. The van der Waals surface area contributed by atoms with Gasteiger partial charge in [-0.25, -0.2) is 4.39 Å². The molecule has 0 radical (unpaired) electrons. The first-order valence-electron chi connectivity index (χ1n) is 9.56. The highest BCUT2D eigenvalue weighted by Gasteiger charge is 2.38. The fourth-order valence-corrected chi connectivity index (χ4v) is 3.68. The van der Waals surface area contributed by atoms with Crippen LogP contribution in [0.2, 0.25) is 0 Å². The molecule has 7 heteroatoms. The third kappa shape index (κ3) is 3.48. The highest BCUT2D eigenvalue weighted by Crippen LogP contribution is 2.44. The van der Waals surface area contributed by atoms with Crippen LogP contribution in [0.15, 0.2) is 54.3 Å². The van der Waals surface area contributed by atoms with Crippen LogP contribution in [0.4, 0.5) is 10.1 Å². The van der Waals surface area contributed by atoms with Crippen LogP contribution < -0.4 is 10.6 Å². The maximum absolute atomic E-state index is 13.5. The molecule has 0 spiro atoms. The summed E-state index contributed by atoms with van der Waals surface area (Å²) in [6, 6.07) is 11.2. The molecule has 0 fully saturated rings. The van der Waals surface area contributed by atoms with Crippen molar-refractivity contribution in [1.82, 2.24) is 5.32 Å². The van der Waals surface area contributed by atoms with Gasteiger partial charge in [0.2, 0.25) is 0 Å². The zero-order chi connectivity index (χ0) is 21.5. The molecule has 2 aliphatic rings. The van der Waals surface area contributed by atoms with Crippen molar-refractivity contribution in [3.05, 3.63) is 76.8 Å². The number of halogens is 1. The lowest BCUT2D eigenvalue weighted by atomic mass is 9.91. The summed E-state index contributed by atoms with van der Waals surface area (Å²) in [7, 11) is 0. The first-order valence-corrected chi connectivity index (χ1v) is 9.56. The van der Waals surface area contributed by atoms with E-state index < -0.39 is 11.4 Å². The molecule has 30 heavy (non-hydrogen) atoms. The molecule has 0 atom stereocenters. The van der Waals surface area contributed by atoms with Gasteiger partial charge in [-0.2, -0.15) is 0 Å². The van der Waals surface area contributed by atoms with E-state index in [9.17, 15) is 14.0 Å². The monoisotopic (exact) mass is 408 g/mol. The molecule has 4 rings (SSSR count). The van der Waals surface area contributed by atoms with E-state index in [0.717, 1.165) is 11.1 Å². The Morgan fingerprint density at radius 3 is 2.63 bits per heavy atom. The lowest BCUT2D eigenvalue weighted by molar-refractivity contribution is -0.111. The van der Waals surface area contributed by atoms with Crippen LogP contribution in [0.3, 0.4) is 0 Å². The van der Waals surface area contributed by atoms with Crippen molar-refractivity contribution in [2.24, 2.45) is 0 Å². The van der Waals surface area contributed by atoms with Crippen molar-refractivity contribution in [3.63, 3.8) is 0 Å². The highest BCUT2D eigenvalue weighted by molar-refractivity contribution is 6.32. The Morgan fingerprint density at radius 1 is 1.20 bits per heavy atom. The first kappa shape index (κ1) is 19.8. The molecule has 2 amide bonds. The average Bonchev–Trinajstić information content (AvgIpc) is 3.20. The second-order valence-electron chi connectivity index (χ2n) is 7.61. The minimum Gasteiger partial charge on any atom is -0.482 e. The molecule has 0 saturated heterocycles. The molecule has 3 N–H and O–H groups in total. The van der Waals surface area contributed by atoms with Gasteiger partial charge in [-0.3, -0.25) is 9.59 Å². The molecule has 6 nitrogen and oxygen atoms in total. The molecule has 2 heterocycles. The Hall–Kier alpha value is -3.45. The number of carbonyl (C=O) groups is 2. The molecular formula is C23H21FN2O4. The van der Waals surface area contributed by atoms with E-state index in [1.54, 1.807) is 18.2 Å². The Kier molecular flexibility index (Phi) is 4.91. The molecule has 0 saturated carbocycles. The number of rotatable bonds is 4. The Balaban J connectivity index is 1.70. The van der Waals surface area contributed by atoms with Gasteiger partial charge in [0.25, 0.3) is 11.8 Å². The van der Waals surface area contributed by atoms with Gasteiger partial charge in [0.05, 0.1) is 17.9 Å². The number of hydrogen-bond donors (Lipinski definition) is 3. The van der Waals surface area contributed by atoms with E-state index in [1.165, 1.54) is 12.1 Å². The molecule has 0 aromatic heterocycles. The maximum Gasteiger partial charge on any atom is 0.260 e. The normalized spacial score (nSPS) is 19.1. The number of aliphatic hydroxyl groups excluding tert-OH is 1. The predicted octanol–water partition coefficient (Wildman–Crippen LogP) is 3.10. The second kappa shape index (κ2) is 7.42. The topological polar surface area (TPSA) is 87.7 Å². The molecular weight excluding hydrogens is 387 g/mol. The number of nitrogens with one attached hydrogen (secondary N) is 2. The molecule has 0 bridgehead atoms. The fourth-order valence-electron chi connectivity index (χ4n) is 3.68. The summed E-state index contributed by atoms with van der Waals surface area (Å²) in [4.78, 5) is 24.6. The maximum atomic E-state index is 13.5. The van der Waals surface area contributed by atoms with Gasteiger partial charge in [-0.05, 0) is 55.8 Å². The van der Waals surface area contributed by atoms with Crippen LogP contribution in [0.1, 0.15) is 35.3 Å². The van der Waals surface area contributed by atoms with Crippen molar-refractivity contribution < 1.29 is 23.8 Å². The number of benzene rings is 2. The summed E-state index contributed by atoms with van der Waals surface area (Å²) in [5.41, 5.74) is 2.88. The lowest BCUT2D eigenvalue weighted by Gasteiger charge is -2.23. The zero-order valence-electron chi connectivity index (χ0n) is 16.6. The van der Waals surface area contributed by atoms with E-state index >= 15 is 0 Å². The minimum absolute atomic E-state index is 0.122. The number of fused-ring (bicyclic) bond motifs is 1. The largest absolute Gasteiger partial charge is 0.482 e. The first-order chi connectivity index (χ1) is 14.3. The molecule has 0 aliphatic carbocycles. The Bertz CT molecular complexity index is 1100. The van der Waals surface area contributed by atoms with Crippen LogP contribution in [-0.4, -0.2) is 35.7 Å². The number of carbonyl (C=O) groups excluding carboxylic acids is 2. The van der Waals surface area contributed by atoms with Gasteiger partial charge >= 0.3 is 0 Å². The Morgan fingerprint density at radius 2 is 1.93 bits per heavy atom. The fraction of sp³-hybridized carbons (Fsp3) is 0.217. The van der Waals surface area contributed by atoms with Crippen LogP contribution in [0.5, 0.6) is 0 Å². The summed E-state index contributed by atoms with van der Waals surface area (Å²) < 4.78 is 19.6. The number of amides is 2. The van der Waals surface area contributed by atoms with Crippen LogP contribution in [-0.2, 0) is 9.53 Å². The van der Waals surface area contributed by atoms with Gasteiger partial charge in [0.1, 0.15) is 17.2 Å². The molecule has 2 aliphatic heterocycles. The van der Waals surface area contributed by atoms with E-state index in [2.05, 4.69) is 10.6 Å². The van der Waals surface area contributed by atoms with Crippen molar-refractivity contribution in [2.45, 2.75) is 19.4 Å². The van der Waals surface area contributed by atoms with Crippen molar-refractivity contribution in [2.75, 3.05) is 18.5 Å². The van der Waals surface area contributed by atoms with Gasteiger partial charge < -0.3 is 20.5 Å². The summed E-state index contributed by atoms with van der Waals surface area (Å²) in [5, 5.41) is 14.1. The number of ether oxygens (including phenoxy) is 1. The third-order valence-corrected chi connectivity index (χ3v) is 5.12. The Labute approximate surface area is 173 Å². The van der Waals surface area contributed by atoms with E-state index in [0.29, 0.717) is 28.1 Å². The van der Waals surface area contributed by atoms with Crippen molar-refractivity contribution >= 4 is 28.6 Å². The number of hydrogen-bond acceptors (Lipinski definition) is 4. The standard InChI is InChI=1S/C23H21FN2O4/c1-23(2)17(13-3-5-14(6-4-13)21(28)25-9-10-27)12-19(30-23)20-16-8-7-15(24)11-18(16)26-22(20)29/h3-8,11-12,27H,9-10H2,1-2H3,(H,25,28)(H,26,29)/b20-19+. The van der Waals surface area contributed by atoms with Gasteiger partial charge in [-0.1, -0.05) is 12.1 Å². The van der Waals surface area contributed by atoms with Gasteiger partial charge in [0, 0.05) is 23.2 Å². The van der Waals surface area contributed by atoms with Crippen LogP contribution in [0.25, 0.3) is 11.1 Å². The summed E-state index contributed by atoms with van der Waals surface area (Å²) in [6.07, 6.45) is 1.81. The van der Waals surface area contributed by atoms with Crippen LogP contribution in [0, 0.1) is 5.82 Å². The smallest absolute Gasteiger partial charge is 0.260 e. The van der Waals surface area contributed by atoms with Gasteiger partial charge in [-0.15, -0.1) is 0 Å². The quantitative estimate of drug-likeness (QED) is 0.679. The van der Waals surface area contributed by atoms with E-state index in [4.69, 9.17) is 9.84 Å². The number of aliphatic hydroxyl groups is 1. The molecule has 154 valence electrons. The van der Waals surface area contributed by atoms with Crippen molar-refractivity contribution in [3.8, 4) is 0 Å². The predicted molar refractivity (Wildman–Crippen MR) is 111 cm³/mol.